The van der Waals surface area contributed by atoms with E-state index in [0.29, 0.717) is 18.1 Å². The second kappa shape index (κ2) is 10.7. The average Bonchev–Trinajstić information content (AvgIpc) is 3.32. The topological polar surface area (TPSA) is 84.7 Å². The number of carbonyl (C=O) groups excluding carboxylic acids is 1. The maximum Gasteiger partial charge on any atom is 0.344 e. The van der Waals surface area contributed by atoms with Crippen LogP contribution in [0.4, 0.5) is 0 Å². The molecule has 34 heavy (non-hydrogen) atoms. The number of hydrogen-bond donors (Lipinski definition) is 0. The number of carbonyl (C=O) groups is 1. The Morgan fingerprint density at radius 3 is 2.71 bits per heavy atom. The SMILES string of the molecule is CC(C)(C)OC(=O)COc1cccc(COc2ccc(-c3ccn(C4CCCCO4)n3)nc2)c1. The standard InChI is InChI=1S/C26H31N3O5/c1-26(2,3)34-25(30)18-33-20-8-6-7-19(15-20)17-32-21-10-11-22(27-16-21)23-12-13-29(28-23)24-9-4-5-14-31-24/h6-8,10-13,15-16,24H,4-5,9,14,17-18H2,1-3H3. The van der Waals surface area contributed by atoms with Crippen LogP contribution in [0.1, 0.15) is 51.8 Å². The molecule has 1 atom stereocenters. The summed E-state index contributed by atoms with van der Waals surface area (Å²) in [4.78, 5) is 16.3. The third-order valence-electron chi connectivity index (χ3n) is 5.14. The van der Waals surface area contributed by atoms with Crippen molar-refractivity contribution in [3.63, 3.8) is 0 Å². The predicted molar refractivity (Wildman–Crippen MR) is 126 cm³/mol. The van der Waals surface area contributed by atoms with Gasteiger partial charge in [-0.3, -0.25) is 4.98 Å². The lowest BCUT2D eigenvalue weighted by Gasteiger charge is -2.22. The van der Waals surface area contributed by atoms with E-state index in [1.165, 1.54) is 0 Å². The molecule has 0 amide bonds. The third-order valence-corrected chi connectivity index (χ3v) is 5.14. The molecule has 8 nitrogen and oxygen atoms in total. The Morgan fingerprint density at radius 2 is 1.97 bits per heavy atom. The minimum Gasteiger partial charge on any atom is -0.487 e. The molecule has 2 aromatic heterocycles. The lowest BCUT2D eigenvalue weighted by Crippen LogP contribution is -2.27. The minimum absolute atomic E-state index is 0.00832. The van der Waals surface area contributed by atoms with Crippen molar-refractivity contribution >= 4 is 5.97 Å². The van der Waals surface area contributed by atoms with E-state index in [1.54, 1.807) is 12.3 Å². The van der Waals surface area contributed by atoms with E-state index in [9.17, 15) is 4.79 Å². The van der Waals surface area contributed by atoms with E-state index in [1.807, 2.05) is 68.0 Å². The predicted octanol–water partition coefficient (Wildman–Crippen LogP) is 4.94. The molecule has 1 unspecified atom stereocenters. The Balaban J connectivity index is 1.29. The first kappa shape index (κ1) is 23.8. The first-order valence-electron chi connectivity index (χ1n) is 11.6. The van der Waals surface area contributed by atoms with E-state index < -0.39 is 11.6 Å². The van der Waals surface area contributed by atoms with Crippen LogP contribution in [0.25, 0.3) is 11.4 Å². The van der Waals surface area contributed by atoms with Crippen molar-refractivity contribution in [2.75, 3.05) is 13.2 Å². The monoisotopic (exact) mass is 465 g/mol. The zero-order valence-corrected chi connectivity index (χ0v) is 19.9. The van der Waals surface area contributed by atoms with Gasteiger partial charge in [0.2, 0.25) is 0 Å². The molecule has 180 valence electrons. The quantitative estimate of drug-likeness (QED) is 0.436. The molecule has 0 bridgehead atoms. The highest BCUT2D eigenvalue weighted by molar-refractivity contribution is 5.71. The molecule has 4 rings (SSSR count). The first-order valence-corrected chi connectivity index (χ1v) is 11.6. The lowest BCUT2D eigenvalue weighted by molar-refractivity contribution is -0.157. The summed E-state index contributed by atoms with van der Waals surface area (Å²) >= 11 is 0. The van der Waals surface area contributed by atoms with E-state index in [0.717, 1.165) is 42.8 Å². The molecule has 1 aromatic carbocycles. The van der Waals surface area contributed by atoms with Gasteiger partial charge < -0.3 is 18.9 Å². The summed E-state index contributed by atoms with van der Waals surface area (Å²) in [6.45, 7) is 6.45. The van der Waals surface area contributed by atoms with Crippen LogP contribution in [0.5, 0.6) is 11.5 Å². The highest BCUT2D eigenvalue weighted by atomic mass is 16.6. The van der Waals surface area contributed by atoms with Crippen molar-refractivity contribution in [1.29, 1.82) is 0 Å². The highest BCUT2D eigenvalue weighted by Crippen LogP contribution is 2.25. The Kier molecular flexibility index (Phi) is 7.47. The molecule has 3 heterocycles. The van der Waals surface area contributed by atoms with Crippen LogP contribution in [-0.4, -0.2) is 39.5 Å². The molecule has 1 aliphatic rings. The van der Waals surface area contributed by atoms with Gasteiger partial charge in [0.1, 0.15) is 35.6 Å². The van der Waals surface area contributed by atoms with Crippen LogP contribution in [0, 0.1) is 0 Å². The molecule has 3 aromatic rings. The molecule has 8 heteroatoms. The number of ether oxygens (including phenoxy) is 4. The third kappa shape index (κ3) is 6.81. The van der Waals surface area contributed by atoms with E-state index in [2.05, 4.69) is 10.1 Å². The van der Waals surface area contributed by atoms with Gasteiger partial charge in [-0.1, -0.05) is 12.1 Å². The molecule has 0 saturated carbocycles. The van der Waals surface area contributed by atoms with Gasteiger partial charge in [-0.15, -0.1) is 0 Å². The average molecular weight is 466 g/mol. The number of hydrogen-bond acceptors (Lipinski definition) is 7. The van der Waals surface area contributed by atoms with Crippen LogP contribution in [0.2, 0.25) is 0 Å². The van der Waals surface area contributed by atoms with E-state index in [4.69, 9.17) is 18.9 Å². The van der Waals surface area contributed by atoms with Gasteiger partial charge >= 0.3 is 5.97 Å². The van der Waals surface area contributed by atoms with Gasteiger partial charge in [0.25, 0.3) is 0 Å². The Hall–Kier alpha value is -3.39. The van der Waals surface area contributed by atoms with Crippen molar-refractivity contribution in [3.05, 3.63) is 60.4 Å². The summed E-state index contributed by atoms with van der Waals surface area (Å²) in [5, 5.41) is 4.63. The van der Waals surface area contributed by atoms with Crippen LogP contribution >= 0.6 is 0 Å². The second-order valence-electron chi connectivity index (χ2n) is 9.19. The molecule has 1 saturated heterocycles. The van der Waals surface area contributed by atoms with Crippen LogP contribution < -0.4 is 9.47 Å². The maximum atomic E-state index is 11.8. The maximum absolute atomic E-state index is 11.8. The molecule has 0 aliphatic carbocycles. The summed E-state index contributed by atoms with van der Waals surface area (Å²) in [6, 6.07) is 13.1. The summed E-state index contributed by atoms with van der Waals surface area (Å²) < 4.78 is 24.4. The number of esters is 1. The largest absolute Gasteiger partial charge is 0.487 e. The summed E-state index contributed by atoms with van der Waals surface area (Å²) in [7, 11) is 0. The number of rotatable bonds is 8. The molecule has 1 aliphatic heterocycles. The fourth-order valence-corrected chi connectivity index (χ4v) is 3.59. The summed E-state index contributed by atoms with van der Waals surface area (Å²) in [5.74, 6) is 0.827. The summed E-state index contributed by atoms with van der Waals surface area (Å²) in [5.41, 5.74) is 1.95. The first-order chi connectivity index (χ1) is 16.4. The van der Waals surface area contributed by atoms with Gasteiger partial charge in [-0.2, -0.15) is 5.10 Å². The molecular weight excluding hydrogens is 434 g/mol. The number of aromatic nitrogens is 3. The van der Waals surface area contributed by atoms with Crippen molar-refractivity contribution in [3.8, 4) is 22.9 Å². The van der Waals surface area contributed by atoms with Crippen molar-refractivity contribution in [2.24, 2.45) is 0 Å². The normalized spacial score (nSPS) is 16.1. The van der Waals surface area contributed by atoms with Crippen molar-refractivity contribution < 1.29 is 23.7 Å². The molecule has 1 fully saturated rings. The van der Waals surface area contributed by atoms with Crippen LogP contribution in [-0.2, 0) is 20.9 Å². The van der Waals surface area contributed by atoms with Crippen LogP contribution in [0.15, 0.2) is 54.9 Å². The van der Waals surface area contributed by atoms with Gasteiger partial charge in [-0.05, 0) is 75.9 Å². The van der Waals surface area contributed by atoms with E-state index in [-0.39, 0.29) is 12.8 Å². The highest BCUT2D eigenvalue weighted by Gasteiger charge is 2.18. The van der Waals surface area contributed by atoms with Gasteiger partial charge in [0, 0.05) is 12.8 Å². The van der Waals surface area contributed by atoms with Gasteiger partial charge in [0.15, 0.2) is 6.61 Å². The molecule has 0 spiro atoms. The van der Waals surface area contributed by atoms with Crippen molar-refractivity contribution in [1.82, 2.24) is 14.8 Å². The molecule has 0 radical (unpaired) electrons. The fourth-order valence-electron chi connectivity index (χ4n) is 3.59. The summed E-state index contributed by atoms with van der Waals surface area (Å²) in [6.07, 6.45) is 6.88. The van der Waals surface area contributed by atoms with Gasteiger partial charge in [0.05, 0.1) is 11.9 Å². The Labute approximate surface area is 199 Å². The Morgan fingerprint density at radius 1 is 1.09 bits per heavy atom. The molecule has 0 N–H and O–H groups in total. The second-order valence-corrected chi connectivity index (χ2v) is 9.19. The zero-order chi connectivity index (χ0) is 24.0. The number of pyridine rings is 1. The number of nitrogens with zero attached hydrogens (tertiary/aromatic N) is 3. The minimum atomic E-state index is -0.538. The van der Waals surface area contributed by atoms with Crippen molar-refractivity contribution in [2.45, 2.75) is 58.5 Å². The van der Waals surface area contributed by atoms with Crippen LogP contribution in [0.3, 0.4) is 0 Å². The van der Waals surface area contributed by atoms with E-state index >= 15 is 0 Å². The van der Waals surface area contributed by atoms with Gasteiger partial charge in [-0.25, -0.2) is 9.48 Å². The fraction of sp³-hybridized carbons (Fsp3) is 0.423. The number of benzene rings is 1. The molecular formula is C26H31N3O5. The lowest BCUT2D eigenvalue weighted by atomic mass is 10.2. The Bertz CT molecular complexity index is 1080. The smallest absolute Gasteiger partial charge is 0.344 e. The zero-order valence-electron chi connectivity index (χ0n) is 19.9.